The summed E-state index contributed by atoms with van der Waals surface area (Å²) in [6, 6.07) is 5.03. The topological polar surface area (TPSA) is 92.7 Å². The minimum atomic E-state index is -3.71. The maximum absolute atomic E-state index is 11.5. The fourth-order valence-corrected chi connectivity index (χ4v) is 3.33. The van der Waals surface area contributed by atoms with Crippen LogP contribution >= 0.6 is 0 Å². The van der Waals surface area contributed by atoms with Crippen LogP contribution in [-0.2, 0) is 10.0 Å². The van der Waals surface area contributed by atoms with E-state index in [1.165, 1.54) is 6.07 Å². The Balaban J connectivity index is 2.34. The molecule has 1 aromatic carbocycles. The average molecular weight is 298 g/mol. The standard InChI is InChI=1S/C13H22N4O2S/c1-9-7-17(8-13(9)16(2)3)12-6-10(20(15,18)19)4-5-11(12)14/h4-6,9,13H,7-8,14H2,1-3H3,(H2,15,18,19). The molecule has 0 spiro atoms. The summed E-state index contributed by atoms with van der Waals surface area (Å²) in [6.07, 6.45) is 0. The molecule has 20 heavy (non-hydrogen) atoms. The van der Waals surface area contributed by atoms with Crippen molar-refractivity contribution in [2.45, 2.75) is 17.9 Å². The van der Waals surface area contributed by atoms with Crippen molar-refractivity contribution in [1.29, 1.82) is 0 Å². The molecule has 1 heterocycles. The minimum absolute atomic E-state index is 0.0997. The summed E-state index contributed by atoms with van der Waals surface area (Å²) in [7, 11) is 0.393. The Morgan fingerprint density at radius 3 is 2.45 bits per heavy atom. The summed E-state index contributed by atoms with van der Waals surface area (Å²) in [4.78, 5) is 4.41. The molecular formula is C13H22N4O2S. The third kappa shape index (κ3) is 2.89. The van der Waals surface area contributed by atoms with Crippen molar-refractivity contribution in [2.24, 2.45) is 11.1 Å². The summed E-state index contributed by atoms with van der Waals surface area (Å²) < 4.78 is 22.9. The number of rotatable bonds is 3. The van der Waals surface area contributed by atoms with Crippen LogP contribution in [0.4, 0.5) is 11.4 Å². The SMILES string of the molecule is CC1CN(c2cc(S(N)(=O)=O)ccc2N)CC1N(C)C. The number of likely N-dealkylation sites (N-methyl/N-ethyl adjacent to an activating group) is 1. The largest absolute Gasteiger partial charge is 0.397 e. The summed E-state index contributed by atoms with van der Waals surface area (Å²) in [5.74, 6) is 0.488. The zero-order valence-corrected chi connectivity index (χ0v) is 12.9. The van der Waals surface area contributed by atoms with Gasteiger partial charge in [-0.15, -0.1) is 0 Å². The molecule has 4 N–H and O–H groups in total. The lowest BCUT2D eigenvalue weighted by Crippen LogP contribution is -2.34. The molecule has 0 saturated carbocycles. The molecule has 0 aromatic heterocycles. The van der Waals surface area contributed by atoms with Crippen LogP contribution in [0.25, 0.3) is 0 Å². The highest BCUT2D eigenvalue weighted by Gasteiger charge is 2.32. The van der Waals surface area contributed by atoms with Crippen molar-refractivity contribution in [3.63, 3.8) is 0 Å². The summed E-state index contributed by atoms with van der Waals surface area (Å²) >= 11 is 0. The van der Waals surface area contributed by atoms with Crippen molar-refractivity contribution in [3.8, 4) is 0 Å². The molecule has 0 radical (unpaired) electrons. The van der Waals surface area contributed by atoms with E-state index in [1.807, 2.05) is 0 Å². The second-order valence-corrected chi connectivity index (χ2v) is 7.24. The predicted molar refractivity (Wildman–Crippen MR) is 81.1 cm³/mol. The van der Waals surface area contributed by atoms with E-state index in [4.69, 9.17) is 10.9 Å². The Hall–Kier alpha value is -1.31. The molecule has 6 nitrogen and oxygen atoms in total. The fourth-order valence-electron chi connectivity index (χ4n) is 2.79. The zero-order chi connectivity index (χ0) is 15.1. The van der Waals surface area contributed by atoms with Gasteiger partial charge in [-0.05, 0) is 38.2 Å². The first-order chi connectivity index (χ1) is 9.20. The molecule has 0 aliphatic carbocycles. The van der Waals surface area contributed by atoms with Crippen LogP contribution in [0.5, 0.6) is 0 Å². The Kier molecular flexibility index (Phi) is 3.95. The number of anilines is 2. The first kappa shape index (κ1) is 15.1. The minimum Gasteiger partial charge on any atom is -0.397 e. The van der Waals surface area contributed by atoms with E-state index in [-0.39, 0.29) is 4.90 Å². The molecule has 7 heteroatoms. The smallest absolute Gasteiger partial charge is 0.238 e. The van der Waals surface area contributed by atoms with Crippen LogP contribution in [0, 0.1) is 5.92 Å². The van der Waals surface area contributed by atoms with E-state index >= 15 is 0 Å². The van der Waals surface area contributed by atoms with E-state index in [2.05, 4.69) is 30.8 Å². The van der Waals surface area contributed by atoms with Crippen LogP contribution in [0.15, 0.2) is 23.1 Å². The molecule has 1 aromatic rings. The highest BCUT2D eigenvalue weighted by molar-refractivity contribution is 7.89. The molecule has 1 saturated heterocycles. The van der Waals surface area contributed by atoms with Crippen LogP contribution in [-0.4, -0.2) is 46.5 Å². The van der Waals surface area contributed by atoms with Gasteiger partial charge in [-0.2, -0.15) is 0 Å². The average Bonchev–Trinajstić information content (AvgIpc) is 2.70. The van der Waals surface area contributed by atoms with Gasteiger partial charge in [0.05, 0.1) is 16.3 Å². The molecule has 2 unspecified atom stereocenters. The van der Waals surface area contributed by atoms with E-state index in [0.29, 0.717) is 17.6 Å². The maximum Gasteiger partial charge on any atom is 0.238 e. The Labute approximate surface area is 120 Å². The number of nitrogens with zero attached hydrogens (tertiary/aromatic N) is 2. The van der Waals surface area contributed by atoms with Crippen molar-refractivity contribution in [2.75, 3.05) is 37.8 Å². The number of benzene rings is 1. The fraction of sp³-hybridized carbons (Fsp3) is 0.538. The van der Waals surface area contributed by atoms with Crippen molar-refractivity contribution < 1.29 is 8.42 Å². The van der Waals surface area contributed by atoms with Gasteiger partial charge in [-0.1, -0.05) is 6.92 Å². The Morgan fingerprint density at radius 2 is 1.95 bits per heavy atom. The lowest BCUT2D eigenvalue weighted by atomic mass is 10.1. The second kappa shape index (κ2) is 5.23. The first-order valence-electron chi connectivity index (χ1n) is 6.54. The molecular weight excluding hydrogens is 276 g/mol. The number of hydrogen-bond donors (Lipinski definition) is 2. The zero-order valence-electron chi connectivity index (χ0n) is 12.1. The number of primary sulfonamides is 1. The van der Waals surface area contributed by atoms with Gasteiger partial charge in [-0.3, -0.25) is 0 Å². The third-order valence-corrected chi connectivity index (χ3v) is 4.82. The van der Waals surface area contributed by atoms with E-state index in [0.717, 1.165) is 18.8 Å². The van der Waals surface area contributed by atoms with Crippen molar-refractivity contribution >= 4 is 21.4 Å². The number of nitrogen functional groups attached to an aromatic ring is 1. The number of nitrogens with two attached hydrogens (primary N) is 2. The van der Waals surface area contributed by atoms with Gasteiger partial charge in [0.1, 0.15) is 0 Å². The van der Waals surface area contributed by atoms with Gasteiger partial charge in [0.25, 0.3) is 0 Å². The van der Waals surface area contributed by atoms with Gasteiger partial charge >= 0.3 is 0 Å². The summed E-state index contributed by atoms with van der Waals surface area (Å²) in [5, 5.41) is 5.18. The normalized spacial score (nSPS) is 23.6. The first-order valence-corrected chi connectivity index (χ1v) is 8.08. The Morgan fingerprint density at radius 1 is 1.30 bits per heavy atom. The van der Waals surface area contributed by atoms with Crippen LogP contribution in [0.1, 0.15) is 6.92 Å². The maximum atomic E-state index is 11.5. The van der Waals surface area contributed by atoms with Gasteiger partial charge < -0.3 is 15.5 Å². The highest BCUT2D eigenvalue weighted by Crippen LogP contribution is 2.31. The molecule has 112 valence electrons. The molecule has 2 rings (SSSR count). The van der Waals surface area contributed by atoms with Gasteiger partial charge in [0.15, 0.2) is 0 Å². The molecule has 2 atom stereocenters. The van der Waals surface area contributed by atoms with E-state index < -0.39 is 10.0 Å². The monoisotopic (exact) mass is 298 g/mol. The third-order valence-electron chi connectivity index (χ3n) is 3.91. The van der Waals surface area contributed by atoms with Crippen LogP contribution < -0.4 is 15.8 Å². The number of hydrogen-bond acceptors (Lipinski definition) is 5. The van der Waals surface area contributed by atoms with Gasteiger partial charge in [0, 0.05) is 19.1 Å². The molecule has 1 aliphatic heterocycles. The van der Waals surface area contributed by atoms with E-state index in [1.54, 1.807) is 12.1 Å². The molecule has 0 bridgehead atoms. The summed E-state index contributed by atoms with van der Waals surface area (Å²) in [6.45, 7) is 3.86. The lowest BCUT2D eigenvalue weighted by Gasteiger charge is -2.24. The van der Waals surface area contributed by atoms with Gasteiger partial charge in [0.2, 0.25) is 10.0 Å². The van der Waals surface area contributed by atoms with Gasteiger partial charge in [-0.25, -0.2) is 13.6 Å². The van der Waals surface area contributed by atoms with Crippen LogP contribution in [0.3, 0.4) is 0 Å². The molecule has 0 amide bonds. The highest BCUT2D eigenvalue weighted by atomic mass is 32.2. The number of sulfonamides is 1. The van der Waals surface area contributed by atoms with Crippen molar-refractivity contribution in [1.82, 2.24) is 4.90 Å². The predicted octanol–water partition coefficient (Wildman–Crippen LogP) is 0.303. The Bertz CT molecular complexity index is 600. The molecule has 1 fully saturated rings. The second-order valence-electron chi connectivity index (χ2n) is 5.68. The van der Waals surface area contributed by atoms with Crippen LogP contribution in [0.2, 0.25) is 0 Å². The quantitative estimate of drug-likeness (QED) is 0.783. The van der Waals surface area contributed by atoms with E-state index in [9.17, 15) is 8.42 Å². The molecule has 1 aliphatic rings. The van der Waals surface area contributed by atoms with Crippen molar-refractivity contribution in [3.05, 3.63) is 18.2 Å². The lowest BCUT2D eigenvalue weighted by molar-refractivity contribution is 0.266. The summed E-state index contributed by atoms with van der Waals surface area (Å²) in [5.41, 5.74) is 7.31.